The van der Waals surface area contributed by atoms with E-state index in [0.717, 1.165) is 12.2 Å². The van der Waals surface area contributed by atoms with Gasteiger partial charge >= 0.3 is 0 Å². The highest BCUT2D eigenvalue weighted by atomic mass is 16.3. The lowest BCUT2D eigenvalue weighted by Gasteiger charge is -2.10. The highest BCUT2D eigenvalue weighted by molar-refractivity contribution is 5.83. The van der Waals surface area contributed by atoms with E-state index in [2.05, 4.69) is 10.2 Å². The number of rotatable bonds is 6. The van der Waals surface area contributed by atoms with E-state index in [0.29, 0.717) is 0 Å². The predicted molar refractivity (Wildman–Crippen MR) is 64.4 cm³/mol. The van der Waals surface area contributed by atoms with Crippen LogP contribution < -0.4 is 5.32 Å². The highest BCUT2D eigenvalue weighted by Crippen LogP contribution is 2.10. The van der Waals surface area contributed by atoms with Crippen molar-refractivity contribution in [1.29, 1.82) is 0 Å². The second-order valence-corrected chi connectivity index (χ2v) is 3.99. The van der Waals surface area contributed by atoms with Gasteiger partial charge in [-0.1, -0.05) is 12.1 Å². The summed E-state index contributed by atoms with van der Waals surface area (Å²) >= 11 is 0. The number of hydrogen-bond acceptors (Lipinski definition) is 4. The molecule has 0 saturated heterocycles. The molecular weight excluding hydrogens is 204 g/mol. The molecule has 1 aromatic rings. The lowest BCUT2D eigenvalue weighted by Crippen LogP contribution is -2.16. The molecule has 16 heavy (non-hydrogen) atoms. The number of nitrogens with one attached hydrogen (secondary N) is 1. The summed E-state index contributed by atoms with van der Waals surface area (Å²) in [5, 5.41) is 11.5. The van der Waals surface area contributed by atoms with Crippen molar-refractivity contribution in [2.45, 2.75) is 6.54 Å². The second kappa shape index (κ2) is 6.25. The minimum atomic E-state index is -0.411. The Kier molecular flexibility index (Phi) is 4.95. The SMILES string of the molecule is CN(C)Cc1ccc(NCC(=O)CO)cc1. The normalized spacial score (nSPS) is 10.5. The Bertz CT molecular complexity index is 333. The van der Waals surface area contributed by atoms with Crippen LogP contribution in [-0.4, -0.2) is 43.0 Å². The summed E-state index contributed by atoms with van der Waals surface area (Å²) in [5.74, 6) is -0.211. The molecule has 88 valence electrons. The minimum absolute atomic E-state index is 0.170. The Hall–Kier alpha value is -1.39. The van der Waals surface area contributed by atoms with Crippen molar-refractivity contribution >= 4 is 11.5 Å². The summed E-state index contributed by atoms with van der Waals surface area (Å²) in [6, 6.07) is 7.91. The zero-order valence-electron chi connectivity index (χ0n) is 9.73. The molecule has 0 aliphatic heterocycles. The largest absolute Gasteiger partial charge is 0.389 e. The molecule has 0 radical (unpaired) electrons. The lowest BCUT2D eigenvalue weighted by atomic mass is 10.2. The number of Topliss-reactive ketones (excluding diaryl/α,β-unsaturated/α-hetero) is 1. The molecule has 1 aromatic carbocycles. The van der Waals surface area contributed by atoms with Gasteiger partial charge in [-0.2, -0.15) is 0 Å². The van der Waals surface area contributed by atoms with Crippen LogP contribution in [0.3, 0.4) is 0 Å². The first kappa shape index (κ1) is 12.7. The third-order valence-corrected chi connectivity index (χ3v) is 2.12. The molecule has 0 bridgehead atoms. The molecule has 0 unspecified atom stereocenters. The third-order valence-electron chi connectivity index (χ3n) is 2.12. The second-order valence-electron chi connectivity index (χ2n) is 3.99. The van der Waals surface area contributed by atoms with Crippen LogP contribution in [0, 0.1) is 0 Å². The maximum Gasteiger partial charge on any atom is 0.177 e. The summed E-state index contributed by atoms with van der Waals surface area (Å²) in [4.78, 5) is 13.0. The first-order valence-corrected chi connectivity index (χ1v) is 5.22. The fourth-order valence-corrected chi connectivity index (χ4v) is 1.35. The van der Waals surface area contributed by atoms with Gasteiger partial charge in [0.2, 0.25) is 0 Å². The van der Waals surface area contributed by atoms with Gasteiger partial charge in [0.05, 0.1) is 6.54 Å². The number of hydrogen-bond donors (Lipinski definition) is 2. The van der Waals surface area contributed by atoms with Crippen molar-refractivity contribution in [3.05, 3.63) is 29.8 Å². The first-order valence-electron chi connectivity index (χ1n) is 5.22. The summed E-state index contributed by atoms with van der Waals surface area (Å²) in [6.07, 6.45) is 0. The van der Waals surface area contributed by atoms with Gasteiger partial charge in [-0.3, -0.25) is 4.79 Å². The van der Waals surface area contributed by atoms with E-state index in [1.54, 1.807) is 0 Å². The van der Waals surface area contributed by atoms with E-state index in [1.807, 2.05) is 38.4 Å². The molecule has 0 heterocycles. The summed E-state index contributed by atoms with van der Waals surface area (Å²) in [6.45, 7) is 0.658. The third kappa shape index (κ3) is 4.42. The van der Waals surface area contributed by atoms with Gasteiger partial charge in [0, 0.05) is 12.2 Å². The van der Waals surface area contributed by atoms with Gasteiger partial charge in [-0.15, -0.1) is 0 Å². The van der Waals surface area contributed by atoms with Gasteiger partial charge in [-0.25, -0.2) is 0 Å². The zero-order valence-corrected chi connectivity index (χ0v) is 9.73. The maximum absolute atomic E-state index is 10.9. The highest BCUT2D eigenvalue weighted by Gasteiger charge is 1.99. The average Bonchev–Trinajstić information content (AvgIpc) is 2.27. The number of anilines is 1. The lowest BCUT2D eigenvalue weighted by molar-refractivity contribution is -0.120. The van der Waals surface area contributed by atoms with Crippen molar-refractivity contribution < 1.29 is 9.90 Å². The van der Waals surface area contributed by atoms with E-state index < -0.39 is 6.61 Å². The van der Waals surface area contributed by atoms with Gasteiger partial charge in [0.1, 0.15) is 6.61 Å². The number of benzene rings is 1. The summed E-state index contributed by atoms with van der Waals surface area (Å²) < 4.78 is 0. The van der Waals surface area contributed by atoms with Crippen LogP contribution in [0.25, 0.3) is 0 Å². The van der Waals surface area contributed by atoms with E-state index in [1.165, 1.54) is 5.56 Å². The molecule has 0 aliphatic rings. The monoisotopic (exact) mass is 222 g/mol. The van der Waals surface area contributed by atoms with E-state index in [-0.39, 0.29) is 12.3 Å². The van der Waals surface area contributed by atoms with E-state index >= 15 is 0 Å². The van der Waals surface area contributed by atoms with Crippen LogP contribution in [0.4, 0.5) is 5.69 Å². The van der Waals surface area contributed by atoms with Crippen molar-refractivity contribution in [2.24, 2.45) is 0 Å². The Morgan fingerprint density at radius 1 is 1.31 bits per heavy atom. The molecular formula is C12H18N2O2. The van der Waals surface area contributed by atoms with Gasteiger partial charge in [0.25, 0.3) is 0 Å². The Labute approximate surface area is 95.9 Å². The van der Waals surface area contributed by atoms with E-state index in [4.69, 9.17) is 5.11 Å². The maximum atomic E-state index is 10.9. The first-order chi connectivity index (χ1) is 7.61. The molecule has 0 fully saturated rings. The Morgan fingerprint density at radius 2 is 1.94 bits per heavy atom. The average molecular weight is 222 g/mol. The predicted octanol–water partition coefficient (Wildman–Crippen LogP) is 0.721. The Morgan fingerprint density at radius 3 is 2.44 bits per heavy atom. The van der Waals surface area contributed by atoms with Gasteiger partial charge < -0.3 is 15.3 Å². The zero-order chi connectivity index (χ0) is 12.0. The molecule has 0 amide bonds. The fourth-order valence-electron chi connectivity index (χ4n) is 1.35. The van der Waals surface area contributed by atoms with Gasteiger partial charge in [0.15, 0.2) is 5.78 Å². The van der Waals surface area contributed by atoms with Crippen molar-refractivity contribution in [3.63, 3.8) is 0 Å². The number of aliphatic hydroxyl groups is 1. The fraction of sp³-hybridized carbons (Fsp3) is 0.417. The van der Waals surface area contributed by atoms with Crippen LogP contribution >= 0.6 is 0 Å². The summed E-state index contributed by atoms with van der Waals surface area (Å²) in [5.41, 5.74) is 2.12. The van der Waals surface area contributed by atoms with Crippen LogP contribution in [0.5, 0.6) is 0 Å². The van der Waals surface area contributed by atoms with Crippen LogP contribution in [0.2, 0.25) is 0 Å². The number of aliphatic hydroxyl groups excluding tert-OH is 1. The molecule has 0 spiro atoms. The molecule has 1 rings (SSSR count). The summed E-state index contributed by atoms with van der Waals surface area (Å²) in [7, 11) is 4.04. The molecule has 0 aromatic heterocycles. The van der Waals surface area contributed by atoms with Crippen LogP contribution in [0.1, 0.15) is 5.56 Å². The van der Waals surface area contributed by atoms with Crippen molar-refractivity contribution in [1.82, 2.24) is 4.90 Å². The molecule has 0 atom stereocenters. The smallest absolute Gasteiger partial charge is 0.177 e. The molecule has 0 saturated carbocycles. The topological polar surface area (TPSA) is 52.6 Å². The van der Waals surface area contributed by atoms with Crippen molar-refractivity contribution in [3.8, 4) is 0 Å². The minimum Gasteiger partial charge on any atom is -0.389 e. The number of carbonyl (C=O) groups excluding carboxylic acids is 1. The molecule has 4 heteroatoms. The molecule has 4 nitrogen and oxygen atoms in total. The van der Waals surface area contributed by atoms with E-state index in [9.17, 15) is 4.79 Å². The van der Waals surface area contributed by atoms with Crippen molar-refractivity contribution in [2.75, 3.05) is 32.6 Å². The quantitative estimate of drug-likeness (QED) is 0.744. The number of carbonyl (C=O) groups is 1. The molecule has 2 N–H and O–H groups in total. The Balaban J connectivity index is 2.48. The van der Waals surface area contributed by atoms with Crippen LogP contribution in [0.15, 0.2) is 24.3 Å². The van der Waals surface area contributed by atoms with Gasteiger partial charge in [-0.05, 0) is 31.8 Å². The molecule has 0 aliphatic carbocycles. The standard InChI is InChI=1S/C12H18N2O2/c1-14(2)8-10-3-5-11(6-4-10)13-7-12(16)9-15/h3-6,13,15H,7-9H2,1-2H3. The van der Waals surface area contributed by atoms with Crippen LogP contribution in [-0.2, 0) is 11.3 Å². The number of ketones is 1. The number of nitrogens with zero attached hydrogens (tertiary/aromatic N) is 1.